The fraction of sp³-hybridized carbons (Fsp3) is 0.125. The molecule has 2 aromatic rings. The third-order valence-corrected chi connectivity index (χ3v) is 3.00. The van der Waals surface area contributed by atoms with Crippen molar-refractivity contribution in [2.24, 2.45) is 5.10 Å². The van der Waals surface area contributed by atoms with E-state index in [1.165, 1.54) is 0 Å². The summed E-state index contributed by atoms with van der Waals surface area (Å²) >= 11 is 5.78. The number of carbonyl (C=O) groups is 1. The summed E-state index contributed by atoms with van der Waals surface area (Å²) in [6.45, 7) is 2.17. The molecule has 0 atom stereocenters. The van der Waals surface area contributed by atoms with Crippen molar-refractivity contribution >= 4 is 29.4 Å². The van der Waals surface area contributed by atoms with Gasteiger partial charge in [-0.05, 0) is 42.3 Å². The number of amides is 1. The van der Waals surface area contributed by atoms with E-state index in [1.54, 1.807) is 18.3 Å². The average molecular weight is 302 g/mol. The number of nitrogens with zero attached hydrogens (tertiary/aromatic N) is 1. The van der Waals surface area contributed by atoms with E-state index in [0.29, 0.717) is 5.02 Å². The highest BCUT2D eigenvalue weighted by atomic mass is 35.5. The van der Waals surface area contributed by atoms with Gasteiger partial charge in [0.05, 0.1) is 12.8 Å². The SMILES string of the molecule is Cc1cccc(NCC(=O)N/N=C\c2ccc(Cl)cc2)c1. The largest absolute Gasteiger partial charge is 0.376 e. The zero-order valence-electron chi connectivity index (χ0n) is 11.6. The van der Waals surface area contributed by atoms with Crippen molar-refractivity contribution < 1.29 is 4.79 Å². The number of aryl methyl sites for hydroxylation is 1. The smallest absolute Gasteiger partial charge is 0.259 e. The van der Waals surface area contributed by atoms with E-state index in [4.69, 9.17) is 11.6 Å². The van der Waals surface area contributed by atoms with Gasteiger partial charge in [-0.25, -0.2) is 5.43 Å². The van der Waals surface area contributed by atoms with Crippen LogP contribution < -0.4 is 10.7 Å². The van der Waals surface area contributed by atoms with Gasteiger partial charge in [0.25, 0.3) is 5.91 Å². The molecule has 5 heteroatoms. The molecule has 2 rings (SSSR count). The third kappa shape index (κ3) is 5.28. The number of hydrogen-bond donors (Lipinski definition) is 2. The van der Waals surface area contributed by atoms with Crippen molar-refractivity contribution in [2.45, 2.75) is 6.92 Å². The van der Waals surface area contributed by atoms with Crippen LogP contribution in [0.1, 0.15) is 11.1 Å². The number of hydrazone groups is 1. The minimum Gasteiger partial charge on any atom is -0.376 e. The zero-order valence-corrected chi connectivity index (χ0v) is 12.4. The molecular weight excluding hydrogens is 286 g/mol. The molecule has 1 amide bonds. The van der Waals surface area contributed by atoms with Crippen molar-refractivity contribution in [3.8, 4) is 0 Å². The van der Waals surface area contributed by atoms with E-state index in [2.05, 4.69) is 15.8 Å². The molecule has 0 unspecified atom stereocenters. The minimum absolute atomic E-state index is 0.168. The Hall–Kier alpha value is -2.33. The van der Waals surface area contributed by atoms with Crippen LogP contribution in [0.4, 0.5) is 5.69 Å². The van der Waals surface area contributed by atoms with Crippen LogP contribution in [0.2, 0.25) is 5.02 Å². The maximum atomic E-state index is 11.6. The van der Waals surface area contributed by atoms with Crippen molar-refractivity contribution in [3.05, 3.63) is 64.7 Å². The summed E-state index contributed by atoms with van der Waals surface area (Å²) in [4.78, 5) is 11.6. The Labute approximate surface area is 128 Å². The Morgan fingerprint density at radius 1 is 1.24 bits per heavy atom. The van der Waals surface area contributed by atoms with Gasteiger partial charge in [0.2, 0.25) is 0 Å². The highest BCUT2D eigenvalue weighted by molar-refractivity contribution is 6.30. The Morgan fingerprint density at radius 3 is 2.71 bits per heavy atom. The second kappa shape index (κ2) is 7.45. The quantitative estimate of drug-likeness (QED) is 0.658. The lowest BCUT2D eigenvalue weighted by molar-refractivity contribution is -0.119. The molecule has 0 aromatic heterocycles. The molecular formula is C16H16ClN3O. The van der Waals surface area contributed by atoms with E-state index in [1.807, 2.05) is 43.3 Å². The Balaban J connectivity index is 1.78. The molecule has 4 nitrogen and oxygen atoms in total. The molecule has 0 heterocycles. The van der Waals surface area contributed by atoms with Gasteiger partial charge in [-0.15, -0.1) is 0 Å². The standard InChI is InChI=1S/C16H16ClN3O/c1-12-3-2-4-15(9-12)18-11-16(21)20-19-10-13-5-7-14(17)8-6-13/h2-10,18H,11H2,1H3,(H,20,21)/b19-10-. The molecule has 2 N–H and O–H groups in total. The summed E-state index contributed by atoms with van der Waals surface area (Å²) in [6.07, 6.45) is 1.57. The van der Waals surface area contributed by atoms with Gasteiger partial charge in [-0.1, -0.05) is 35.9 Å². The first-order valence-electron chi connectivity index (χ1n) is 6.51. The van der Waals surface area contributed by atoms with Crippen LogP contribution in [-0.2, 0) is 4.79 Å². The fourth-order valence-electron chi connectivity index (χ4n) is 1.70. The summed E-state index contributed by atoms with van der Waals surface area (Å²) in [5.41, 5.74) is 5.38. The van der Waals surface area contributed by atoms with E-state index in [9.17, 15) is 4.79 Å². The zero-order chi connectivity index (χ0) is 15.1. The van der Waals surface area contributed by atoms with Crippen molar-refractivity contribution in [1.29, 1.82) is 0 Å². The topological polar surface area (TPSA) is 53.5 Å². The molecule has 2 aromatic carbocycles. The van der Waals surface area contributed by atoms with Gasteiger partial charge in [0, 0.05) is 10.7 Å². The van der Waals surface area contributed by atoms with E-state index in [0.717, 1.165) is 16.8 Å². The van der Waals surface area contributed by atoms with Crippen molar-refractivity contribution in [2.75, 3.05) is 11.9 Å². The van der Waals surface area contributed by atoms with Crippen molar-refractivity contribution in [1.82, 2.24) is 5.43 Å². The first-order chi connectivity index (χ1) is 10.1. The molecule has 0 aliphatic carbocycles. The first kappa shape index (κ1) is 15.1. The van der Waals surface area contributed by atoms with Gasteiger partial charge in [-0.3, -0.25) is 4.79 Å². The minimum atomic E-state index is -0.207. The monoisotopic (exact) mass is 301 g/mol. The maximum Gasteiger partial charge on any atom is 0.259 e. The molecule has 0 aliphatic heterocycles. The lowest BCUT2D eigenvalue weighted by Gasteiger charge is -2.05. The van der Waals surface area contributed by atoms with Gasteiger partial charge < -0.3 is 5.32 Å². The highest BCUT2D eigenvalue weighted by Gasteiger charge is 1.99. The van der Waals surface area contributed by atoms with Crippen LogP contribution in [-0.4, -0.2) is 18.7 Å². The average Bonchev–Trinajstić information content (AvgIpc) is 2.47. The van der Waals surface area contributed by atoms with Crippen LogP contribution in [0, 0.1) is 6.92 Å². The van der Waals surface area contributed by atoms with Gasteiger partial charge in [-0.2, -0.15) is 5.10 Å². The lowest BCUT2D eigenvalue weighted by atomic mass is 10.2. The maximum absolute atomic E-state index is 11.6. The van der Waals surface area contributed by atoms with Crippen LogP contribution in [0.25, 0.3) is 0 Å². The molecule has 0 fully saturated rings. The summed E-state index contributed by atoms with van der Waals surface area (Å²) in [6, 6.07) is 15.0. The second-order valence-corrected chi connectivity index (χ2v) is 5.00. The van der Waals surface area contributed by atoms with E-state index >= 15 is 0 Å². The highest BCUT2D eigenvalue weighted by Crippen LogP contribution is 2.09. The first-order valence-corrected chi connectivity index (χ1v) is 6.89. The van der Waals surface area contributed by atoms with E-state index < -0.39 is 0 Å². The summed E-state index contributed by atoms with van der Waals surface area (Å²) in [5, 5.41) is 7.60. The lowest BCUT2D eigenvalue weighted by Crippen LogP contribution is -2.25. The molecule has 0 aliphatic rings. The number of halogens is 1. The van der Waals surface area contributed by atoms with Gasteiger partial charge in [0.15, 0.2) is 0 Å². The molecule has 108 valence electrons. The number of carbonyl (C=O) groups excluding carboxylic acids is 1. The number of nitrogens with one attached hydrogen (secondary N) is 2. The normalized spacial score (nSPS) is 10.6. The predicted octanol–water partition coefficient (Wildman–Crippen LogP) is 3.21. The molecule has 0 spiro atoms. The molecule has 0 saturated carbocycles. The van der Waals surface area contributed by atoms with Crippen LogP contribution in [0.3, 0.4) is 0 Å². The van der Waals surface area contributed by atoms with Crippen LogP contribution in [0.5, 0.6) is 0 Å². The number of rotatable bonds is 5. The number of anilines is 1. The number of hydrogen-bond acceptors (Lipinski definition) is 3. The Bertz CT molecular complexity index is 638. The Kier molecular flexibility index (Phi) is 5.35. The van der Waals surface area contributed by atoms with E-state index in [-0.39, 0.29) is 12.5 Å². The van der Waals surface area contributed by atoms with Gasteiger partial charge >= 0.3 is 0 Å². The van der Waals surface area contributed by atoms with Crippen LogP contribution in [0.15, 0.2) is 53.6 Å². The summed E-state index contributed by atoms with van der Waals surface area (Å²) < 4.78 is 0. The molecule has 21 heavy (non-hydrogen) atoms. The van der Waals surface area contributed by atoms with Gasteiger partial charge in [0.1, 0.15) is 0 Å². The Morgan fingerprint density at radius 2 is 2.00 bits per heavy atom. The van der Waals surface area contributed by atoms with Crippen LogP contribution >= 0.6 is 11.6 Å². The number of benzene rings is 2. The summed E-state index contributed by atoms with van der Waals surface area (Å²) in [5.74, 6) is -0.207. The van der Waals surface area contributed by atoms with Crippen molar-refractivity contribution in [3.63, 3.8) is 0 Å². The molecule has 0 saturated heterocycles. The second-order valence-electron chi connectivity index (χ2n) is 4.57. The third-order valence-electron chi connectivity index (χ3n) is 2.74. The summed E-state index contributed by atoms with van der Waals surface area (Å²) in [7, 11) is 0. The predicted molar refractivity (Wildman–Crippen MR) is 86.9 cm³/mol. The fourth-order valence-corrected chi connectivity index (χ4v) is 1.83. The molecule has 0 bridgehead atoms. The molecule has 0 radical (unpaired) electrons.